The predicted molar refractivity (Wildman–Crippen MR) is 304 cm³/mol. The van der Waals surface area contributed by atoms with Crippen LogP contribution in [0.1, 0.15) is 79.1 Å². The highest BCUT2D eigenvalue weighted by molar-refractivity contribution is 8.01. The number of likely N-dealkylation sites (N-methyl/N-ethyl adjacent to an activating group) is 1. The number of rotatable bonds is 32. The van der Waals surface area contributed by atoms with E-state index in [9.17, 15) is 19.2 Å². The first kappa shape index (κ1) is 61.1. The van der Waals surface area contributed by atoms with Gasteiger partial charge in [0.25, 0.3) is 11.8 Å². The average molecular weight is 1130 g/mol. The predicted octanol–water partition coefficient (Wildman–Crippen LogP) is 6.58. The Morgan fingerprint density at radius 3 is 1.68 bits per heavy atom. The van der Waals surface area contributed by atoms with Gasteiger partial charge in [-0.05, 0) is 59.7 Å². The van der Waals surface area contributed by atoms with Gasteiger partial charge in [0, 0.05) is 74.2 Å². The van der Waals surface area contributed by atoms with Crippen molar-refractivity contribution in [1.82, 2.24) is 25.0 Å². The number of hydrogen-bond acceptors (Lipinski definition) is 19. The first-order chi connectivity index (χ1) is 38.7. The summed E-state index contributed by atoms with van der Waals surface area (Å²) in [7, 11) is 6.42. The second-order valence-electron chi connectivity index (χ2n) is 20.0. The lowest BCUT2D eigenvalue weighted by Crippen LogP contribution is -2.38. The highest BCUT2D eigenvalue weighted by Gasteiger charge is 2.36. The molecule has 3 amide bonds. The average Bonchev–Trinajstić information content (AvgIpc) is 4.07. The second-order valence-corrected chi connectivity index (χ2v) is 21.7. The number of carbonyl (C=O) groups excluding carboxylic acids is 4. The van der Waals surface area contributed by atoms with E-state index in [0.717, 1.165) is 12.8 Å². The fourth-order valence-corrected chi connectivity index (χ4v) is 10.3. The van der Waals surface area contributed by atoms with Crippen LogP contribution in [0.25, 0.3) is 0 Å². The Kier molecular flexibility index (Phi) is 23.1. The van der Waals surface area contributed by atoms with Crippen LogP contribution in [0.5, 0.6) is 28.7 Å². The lowest BCUT2D eigenvalue weighted by Gasteiger charge is -2.29. The molecule has 21 nitrogen and oxygen atoms in total. The zero-order valence-electron chi connectivity index (χ0n) is 47.4. The van der Waals surface area contributed by atoms with Crippen LogP contribution in [0.15, 0.2) is 69.7 Å². The number of thioether (sulfide) groups is 1. The Balaban J connectivity index is 0.913. The number of esters is 1. The van der Waals surface area contributed by atoms with Crippen molar-refractivity contribution in [3.05, 3.63) is 82.2 Å². The number of hydrogen-bond donors (Lipinski definition) is 1. The molecule has 5 heterocycles. The monoisotopic (exact) mass is 1130 g/mol. The lowest BCUT2D eigenvalue weighted by atomic mass is 10.1. The summed E-state index contributed by atoms with van der Waals surface area (Å²) in [5.41, 5.74) is 5.33. The minimum Gasteiger partial charge on any atom is -0.493 e. The second kappa shape index (κ2) is 30.3. The number of pyridine rings is 1. The molecule has 1 aromatic heterocycles. The van der Waals surface area contributed by atoms with Gasteiger partial charge in [-0.1, -0.05) is 23.3 Å². The minimum atomic E-state index is -0.309. The van der Waals surface area contributed by atoms with Crippen molar-refractivity contribution in [2.24, 2.45) is 9.98 Å². The summed E-state index contributed by atoms with van der Waals surface area (Å²) >= 11 is 1.57. The van der Waals surface area contributed by atoms with Crippen LogP contribution >= 0.6 is 11.8 Å². The molecule has 1 N–H and O–H groups in total. The maximum absolute atomic E-state index is 13.8. The Morgan fingerprint density at radius 1 is 0.688 bits per heavy atom. The van der Waals surface area contributed by atoms with Crippen LogP contribution in [-0.4, -0.2) is 199 Å². The van der Waals surface area contributed by atoms with E-state index in [2.05, 4.69) is 41.0 Å². The third-order valence-corrected chi connectivity index (χ3v) is 14.9. The van der Waals surface area contributed by atoms with Crippen LogP contribution in [-0.2, 0) is 46.5 Å². The highest BCUT2D eigenvalue weighted by Crippen LogP contribution is 2.41. The number of amides is 3. The van der Waals surface area contributed by atoms with Crippen molar-refractivity contribution in [2.45, 2.75) is 77.0 Å². The van der Waals surface area contributed by atoms with Gasteiger partial charge >= 0.3 is 5.97 Å². The maximum Gasteiger partial charge on any atom is 0.307 e. The van der Waals surface area contributed by atoms with E-state index in [1.165, 1.54) is 32.5 Å². The quantitative estimate of drug-likeness (QED) is 0.0396. The van der Waals surface area contributed by atoms with Crippen LogP contribution in [0, 0.1) is 0 Å². The van der Waals surface area contributed by atoms with Gasteiger partial charge in [0.05, 0.1) is 132 Å². The molecule has 0 bridgehead atoms. The van der Waals surface area contributed by atoms with Crippen molar-refractivity contribution < 1.29 is 66.5 Å². The van der Waals surface area contributed by atoms with Crippen molar-refractivity contribution >= 4 is 59.3 Å². The van der Waals surface area contributed by atoms with Crippen molar-refractivity contribution in [2.75, 3.05) is 126 Å². The zero-order chi connectivity index (χ0) is 57.0. The first-order valence-electron chi connectivity index (χ1n) is 27.0. The molecule has 0 radical (unpaired) electrons. The van der Waals surface area contributed by atoms with E-state index in [0.29, 0.717) is 161 Å². The number of allylic oxidation sites excluding steroid dienone is 2. The van der Waals surface area contributed by atoms with Crippen molar-refractivity contribution in [1.29, 1.82) is 0 Å². The number of aliphatic imine (C=N–C) groups is 2. The number of aromatic nitrogens is 1. The third-order valence-electron chi connectivity index (χ3n) is 13.6. The van der Waals surface area contributed by atoms with Gasteiger partial charge in [-0.2, -0.15) is 0 Å². The molecule has 3 aromatic rings. The smallest absolute Gasteiger partial charge is 0.307 e. The summed E-state index contributed by atoms with van der Waals surface area (Å²) in [6.07, 6.45) is 9.46. The number of methoxy groups -OCH3 is 3. The molecule has 22 heteroatoms. The van der Waals surface area contributed by atoms with Crippen molar-refractivity contribution in [3.63, 3.8) is 0 Å². The fourth-order valence-electron chi connectivity index (χ4n) is 9.37. The molecule has 0 spiro atoms. The molecule has 4 aliphatic rings. The van der Waals surface area contributed by atoms with E-state index in [4.69, 9.17) is 57.6 Å². The van der Waals surface area contributed by atoms with Gasteiger partial charge in [-0.3, -0.25) is 34.1 Å². The highest BCUT2D eigenvalue weighted by atomic mass is 32.2. The van der Waals surface area contributed by atoms with Gasteiger partial charge in [-0.25, -0.2) is 0 Å². The summed E-state index contributed by atoms with van der Waals surface area (Å²) in [6.45, 7) is 14.4. The molecule has 4 aliphatic heterocycles. The van der Waals surface area contributed by atoms with Gasteiger partial charge in [0.15, 0.2) is 23.0 Å². The summed E-state index contributed by atoms with van der Waals surface area (Å²) in [4.78, 5) is 71.6. The summed E-state index contributed by atoms with van der Waals surface area (Å²) in [5.74, 6) is 1.78. The van der Waals surface area contributed by atoms with Crippen LogP contribution in [0.4, 0.5) is 11.4 Å². The van der Waals surface area contributed by atoms with E-state index >= 15 is 0 Å². The normalized spacial score (nSPS) is 17.5. The molecule has 1 unspecified atom stereocenters. The van der Waals surface area contributed by atoms with Gasteiger partial charge in [0.2, 0.25) is 5.91 Å². The summed E-state index contributed by atoms with van der Waals surface area (Å²) in [5, 5.41) is 2.92. The van der Waals surface area contributed by atoms with Crippen LogP contribution in [0.3, 0.4) is 0 Å². The zero-order valence-corrected chi connectivity index (χ0v) is 48.2. The number of ether oxygens (including phenoxy) is 10. The van der Waals surface area contributed by atoms with Gasteiger partial charge < -0.3 is 67.4 Å². The molecule has 2 aromatic carbocycles. The van der Waals surface area contributed by atoms with E-state index in [-0.39, 0.29) is 60.2 Å². The molecule has 0 saturated carbocycles. The molecule has 2 saturated heterocycles. The largest absolute Gasteiger partial charge is 0.493 e. The standard InChI is InChI=1S/C58H77N7O14S/c1-9-39-23-43-31-60-48-29-52(50(70-6)27-46(48)56(68)64(43)33-39)78-35-41-25-45(26-42(62-41)36-79-53-30-49-47(28-51(53)71-7)57(69)65-34-40(10-2)24-44(65)32-61-49)77-16-13-63(5)38-58(3,4)80-37-54(66)59-12-15-74-18-20-76-22-21-75-19-17-73-14-11-55(67)72-8/h9-10,25-32,43-44H,11-24,33-38H2,1-8H3,(H,59,66)/b39-9+,40-10+/t43-,44?/m0/s1. The van der Waals surface area contributed by atoms with Crippen molar-refractivity contribution in [3.8, 4) is 28.7 Å². The van der Waals surface area contributed by atoms with Gasteiger partial charge in [0.1, 0.15) is 25.6 Å². The maximum atomic E-state index is 13.8. The van der Waals surface area contributed by atoms with E-state index in [1.54, 1.807) is 36.0 Å². The third kappa shape index (κ3) is 17.5. The molecule has 434 valence electrons. The molecule has 80 heavy (non-hydrogen) atoms. The Labute approximate surface area is 473 Å². The summed E-state index contributed by atoms with van der Waals surface area (Å²) in [6, 6.07) is 10.2. The number of nitrogens with zero attached hydrogens (tertiary/aromatic N) is 6. The number of nitrogens with one attached hydrogen (secondary N) is 1. The lowest BCUT2D eigenvalue weighted by molar-refractivity contribution is -0.142. The van der Waals surface area contributed by atoms with Crippen LogP contribution in [0.2, 0.25) is 0 Å². The number of fused-ring (bicyclic) bond motifs is 4. The first-order valence-corrected chi connectivity index (χ1v) is 28.0. The molecule has 2 fully saturated rings. The molecule has 7 rings (SSSR count). The SMILES string of the molecule is C/C=C1\CC2C=Nc3cc(OCc4cc(OCCN(C)CC(C)(C)SCC(=O)NCCOCCOCCOCCOCCC(=O)OC)cc(COc5cc6c(cc5OC)C(=O)N5C/C(=C/C)C[C@H]5C=N6)n4)c(OC)cc3C(=O)N2C1. The number of carbonyl (C=O) groups is 4. The topological polar surface area (TPSA) is 220 Å². The molecular weight excluding hydrogens is 1050 g/mol. The molecule has 2 atom stereocenters. The Hall–Kier alpha value is -6.56. The van der Waals surface area contributed by atoms with E-state index in [1.807, 2.05) is 55.3 Å². The number of benzene rings is 2. The molecular formula is C58H77N7O14S. The van der Waals surface area contributed by atoms with Crippen LogP contribution < -0.4 is 29.0 Å². The van der Waals surface area contributed by atoms with E-state index < -0.39 is 0 Å². The Bertz CT molecular complexity index is 2620. The summed E-state index contributed by atoms with van der Waals surface area (Å²) < 4.78 is 56.9. The Morgan fingerprint density at radius 2 is 1.19 bits per heavy atom. The minimum absolute atomic E-state index is 0.0148. The molecule has 0 aliphatic carbocycles. The van der Waals surface area contributed by atoms with Gasteiger partial charge in [-0.15, -0.1) is 11.8 Å². The fraction of sp³-hybridized carbons (Fsp3) is 0.534.